The van der Waals surface area contributed by atoms with E-state index in [1.165, 1.54) is 60.7 Å². The number of benzene rings is 12. The summed E-state index contributed by atoms with van der Waals surface area (Å²) >= 11 is 0. The topological polar surface area (TPSA) is 167 Å². The first-order valence-electron chi connectivity index (χ1n) is 45.5. The van der Waals surface area contributed by atoms with Gasteiger partial charge in [-0.05, 0) is 190 Å². The van der Waals surface area contributed by atoms with Crippen LogP contribution in [0.3, 0.4) is 0 Å². The van der Waals surface area contributed by atoms with Crippen molar-refractivity contribution in [2.75, 3.05) is 0 Å². The van der Waals surface area contributed by atoms with Crippen molar-refractivity contribution in [3.63, 3.8) is 0 Å². The molecule has 12 aromatic carbocycles. The van der Waals surface area contributed by atoms with Gasteiger partial charge in [0, 0.05) is 156 Å². The normalized spacial score (nSPS) is 11.1. The highest BCUT2D eigenvalue weighted by Gasteiger charge is 2.31. The Morgan fingerprint density at radius 1 is 0.243 bits per heavy atom. The molecule has 0 atom stereocenters. The molecule has 0 unspecified atom stereocenters. The Balaban J connectivity index is 0.000000109. The van der Waals surface area contributed by atoms with Crippen molar-refractivity contribution in [2.24, 2.45) is 42.3 Å². The summed E-state index contributed by atoms with van der Waals surface area (Å²) in [6.07, 6.45) is 11.9. The maximum absolute atomic E-state index is 14.0. The number of rotatable bonds is 6. The molecule has 0 spiro atoms. The fourth-order valence-electron chi connectivity index (χ4n) is 19.2. The minimum atomic E-state index is -0.555. The summed E-state index contributed by atoms with van der Waals surface area (Å²) in [6.45, 7) is 40.9. The van der Waals surface area contributed by atoms with E-state index in [0.717, 1.165) is 149 Å². The van der Waals surface area contributed by atoms with Gasteiger partial charge in [-0.15, -0.1) is 0 Å². The van der Waals surface area contributed by atoms with E-state index in [1.807, 2.05) is 324 Å². The summed E-state index contributed by atoms with van der Waals surface area (Å²) in [6, 6.07) is 79.9. The lowest BCUT2D eigenvalue weighted by Crippen LogP contribution is -2.30. The van der Waals surface area contributed by atoms with Crippen LogP contribution < -0.4 is 27.4 Å². The van der Waals surface area contributed by atoms with Gasteiger partial charge in [0.25, 0.3) is 5.69 Å². The van der Waals surface area contributed by atoms with Crippen LogP contribution >= 0.6 is 0 Å². The number of aromatic nitrogens is 6. The minimum Gasteiger partial charge on any atom is -0.467 e. The second-order valence-corrected chi connectivity index (χ2v) is 35.1. The molecule has 24 aromatic rings. The largest absolute Gasteiger partial charge is 0.467 e. The second kappa shape index (κ2) is 38.3. The quantitative estimate of drug-likeness (QED) is 0.0901. The molecule has 12 heterocycles. The van der Waals surface area contributed by atoms with E-state index in [-0.39, 0.29) is 34.1 Å². The van der Waals surface area contributed by atoms with Crippen LogP contribution in [0.15, 0.2) is 318 Å². The fraction of sp³-hybridized carbons (Fsp3) is 0.100. The van der Waals surface area contributed by atoms with Gasteiger partial charge in [0.1, 0.15) is 151 Å². The van der Waals surface area contributed by atoms with Crippen LogP contribution in [-0.2, 0) is 42.3 Å². The molecule has 0 N–H and O–H groups in total. The average molecular weight is 1900 g/mol. The first-order valence-corrected chi connectivity index (χ1v) is 45.5. The van der Waals surface area contributed by atoms with Crippen LogP contribution in [0, 0.1) is 125 Å². The Labute approximate surface area is 820 Å². The highest BCUT2D eigenvalue weighted by Crippen LogP contribution is 2.48. The Morgan fingerprint density at radius 3 is 1.14 bits per heavy atom. The number of aryl methyl sites for hydroxylation is 12. The van der Waals surface area contributed by atoms with Gasteiger partial charge in [0.15, 0.2) is 42.8 Å². The van der Waals surface area contributed by atoms with Gasteiger partial charge >= 0.3 is 0 Å². The Morgan fingerprint density at radius 2 is 0.632 bits per heavy atom. The highest BCUT2D eigenvalue weighted by molar-refractivity contribution is 6.19. The first kappa shape index (κ1) is 93.9. The van der Waals surface area contributed by atoms with Crippen LogP contribution in [0.25, 0.3) is 219 Å². The van der Waals surface area contributed by atoms with Crippen molar-refractivity contribution >= 4 is 154 Å². The molecule has 0 saturated heterocycles. The Bertz CT molecular complexity index is 9670. The number of hydrogen-bond acceptors (Lipinski definition) is 8. The molecule has 24 heteroatoms. The third-order valence-corrected chi connectivity index (χ3v) is 26.1. The fourth-order valence-corrected chi connectivity index (χ4v) is 19.2. The number of pyridine rings is 6. The lowest BCUT2D eigenvalue weighted by Gasteiger charge is -2.07. The van der Waals surface area contributed by atoms with Crippen LogP contribution in [-0.4, -0.2) is 0 Å². The van der Waals surface area contributed by atoms with E-state index in [9.17, 15) is 36.9 Å². The molecular formula is C120H84F6N12O6+6. The van der Waals surface area contributed by atoms with Crippen molar-refractivity contribution in [2.45, 2.75) is 41.5 Å². The van der Waals surface area contributed by atoms with Crippen molar-refractivity contribution in [3.8, 4) is 79.7 Å². The first-order chi connectivity index (χ1) is 69.6. The lowest BCUT2D eigenvalue weighted by atomic mass is 9.95. The van der Waals surface area contributed by atoms with Crippen LogP contribution in [0.4, 0.5) is 49.1 Å². The van der Waals surface area contributed by atoms with E-state index in [2.05, 4.69) is 31.5 Å². The van der Waals surface area contributed by atoms with Crippen LogP contribution in [0.2, 0.25) is 0 Å². The summed E-state index contributed by atoms with van der Waals surface area (Å²) in [5, 5.41) is 28.5. The molecule has 0 fully saturated rings. The minimum absolute atomic E-state index is 0.00935. The van der Waals surface area contributed by atoms with E-state index >= 15 is 0 Å². The van der Waals surface area contributed by atoms with Gasteiger partial charge in [0.2, 0.25) is 51.2 Å². The number of halogens is 6. The molecule has 0 saturated carbocycles. The number of nitriles is 2. The maximum atomic E-state index is 14.0. The van der Waals surface area contributed by atoms with Gasteiger partial charge in [-0.3, -0.25) is 0 Å². The molecule has 0 bridgehead atoms. The van der Waals surface area contributed by atoms with Gasteiger partial charge in [-0.25, -0.2) is 73.1 Å². The summed E-state index contributed by atoms with van der Waals surface area (Å²) in [7, 11) is 11.9. The van der Waals surface area contributed by atoms with Crippen molar-refractivity contribution in [1.82, 2.24) is 0 Å². The van der Waals surface area contributed by atoms with Gasteiger partial charge in [-0.1, -0.05) is 48.5 Å². The van der Waals surface area contributed by atoms with E-state index < -0.39 is 29.1 Å². The molecule has 0 amide bonds. The third-order valence-electron chi connectivity index (χ3n) is 26.1. The van der Waals surface area contributed by atoms with Crippen molar-refractivity contribution in [1.29, 1.82) is 10.5 Å². The third kappa shape index (κ3) is 16.8. The molecule has 144 heavy (non-hydrogen) atoms. The number of hydrogen-bond donors (Lipinski definition) is 0. The zero-order valence-electron chi connectivity index (χ0n) is 79.8. The highest BCUT2D eigenvalue weighted by atomic mass is 19.1. The van der Waals surface area contributed by atoms with Crippen LogP contribution in [0.5, 0.6) is 0 Å². The standard InChI is InChI=1S/6C20H14FN2O/c1-12-7-10-16-18(17(12)15-6-4-5-11-23(15)3)13-8-9-14(21)19(22-2)20(13)24-16;1-12-7-8-17-20(19(12)16-6-4-5-9-23(16)3)13-10-15(22-2)14(21)11-18(13)24-17;1-12-7-8-14-15-10-13(21)11-16(22-2)19(15)24-20(14)18(12)17-6-4-5-9-23(17)3;1-12-7-8-13-14-10-15(21)16(22-2)11-18(14)24-20(13)19(12)17-6-4-5-9-23(17)3;1-12-9-13(11-22)20-19(15-7-6-14(21)10-17(15)24-20)18(12)16-5-3-4-8-23(16)2;1-12-6-7-16-20(18(12)15-5-3-4-8-23(15)2)19-13(11-22)9-14(21)10-17(19)24-16/h4*4-11H,1,3H3;2*3-10H,1-2H3/q6*+1. The molecule has 0 aliphatic rings. The SMILES string of the molecule is Cc1cc(C#N)c2oc3cc(F)ccc3c2c1-c1cccc[n+]1C.Cc1ccc2oc3cc(F)cc(C#N)c3c2c1-c1cccc[n+]1C.[C-]#[N+]c1c(F)ccc2c1oc1ccc(C)c(-c3cccc[n+]3C)c12.[C-]#[N+]c1cc(F)cc2c1oc1c(-c3cccc[n+]3C)c(C)ccc12.[C-]#[N+]c1cc2c(cc1F)oc1ccc(C)c(-c3cccc[n+]3C)c12.[C-]#[N+]c1cc2oc3c(-c4cccc[n+]4C)c(C)ccc3c2cc1F. The second-order valence-electron chi connectivity index (χ2n) is 35.1. The molecule has 0 aliphatic carbocycles. The molecule has 12 aromatic heterocycles. The van der Waals surface area contributed by atoms with E-state index in [4.69, 9.17) is 52.8 Å². The summed E-state index contributed by atoms with van der Waals surface area (Å²) < 4.78 is 131. The molecule has 0 radical (unpaired) electrons. The van der Waals surface area contributed by atoms with Gasteiger partial charge < -0.3 is 26.5 Å². The van der Waals surface area contributed by atoms with Crippen molar-refractivity contribution in [3.05, 3.63) is 417 Å². The monoisotopic (exact) mass is 1900 g/mol. The maximum Gasteiger partial charge on any atom is 0.264 e. The zero-order chi connectivity index (χ0) is 101. The number of fused-ring (bicyclic) bond motifs is 18. The molecule has 696 valence electrons. The number of nitrogens with zero attached hydrogens (tertiary/aromatic N) is 12. The molecule has 18 nitrogen and oxygen atoms in total. The number of furan rings is 6. The predicted octanol–water partition coefficient (Wildman–Crippen LogP) is 29.1. The summed E-state index contributed by atoms with van der Waals surface area (Å²) in [5.74, 6) is -2.89. The van der Waals surface area contributed by atoms with E-state index in [0.29, 0.717) is 88.7 Å². The zero-order valence-corrected chi connectivity index (χ0v) is 79.8. The predicted molar refractivity (Wildman–Crippen MR) is 545 cm³/mol. The molecular weight excluding hydrogens is 1820 g/mol. The molecule has 0 aliphatic heterocycles. The average Bonchev–Trinajstić information content (AvgIpc) is 1.61. The Hall–Kier alpha value is -19.1. The van der Waals surface area contributed by atoms with Crippen molar-refractivity contribution < 1.29 is 80.2 Å². The van der Waals surface area contributed by atoms with E-state index in [1.54, 1.807) is 18.2 Å². The van der Waals surface area contributed by atoms with Crippen LogP contribution in [0.1, 0.15) is 44.5 Å². The Kier molecular flexibility index (Phi) is 25.0. The lowest BCUT2D eigenvalue weighted by molar-refractivity contribution is -0.660. The smallest absolute Gasteiger partial charge is 0.264 e. The summed E-state index contributed by atoms with van der Waals surface area (Å²) in [5.41, 5.74) is 25.9. The molecule has 24 rings (SSSR count). The van der Waals surface area contributed by atoms with Gasteiger partial charge in [-0.2, -0.15) is 10.5 Å². The summed E-state index contributed by atoms with van der Waals surface area (Å²) in [4.78, 5) is 13.2. The van der Waals surface area contributed by atoms with Gasteiger partial charge in [0.05, 0.1) is 70.8 Å².